The molecule has 3 amide bonds. The van der Waals surface area contributed by atoms with Crippen LogP contribution in [0.5, 0.6) is 0 Å². The van der Waals surface area contributed by atoms with Crippen molar-refractivity contribution in [1.29, 1.82) is 0 Å². The van der Waals surface area contributed by atoms with Crippen LogP contribution in [0, 0.1) is 0 Å². The molecule has 1 aliphatic rings. The Labute approximate surface area is 168 Å². The van der Waals surface area contributed by atoms with Gasteiger partial charge in [-0.3, -0.25) is 4.79 Å². The first-order valence-corrected chi connectivity index (χ1v) is 9.89. The van der Waals surface area contributed by atoms with Crippen LogP contribution in [0.4, 0.5) is 10.5 Å². The van der Waals surface area contributed by atoms with Crippen LogP contribution < -0.4 is 10.6 Å². The van der Waals surface area contributed by atoms with E-state index < -0.39 is 0 Å². The fourth-order valence-corrected chi connectivity index (χ4v) is 3.57. The van der Waals surface area contributed by atoms with Gasteiger partial charge in [0.05, 0.1) is 5.52 Å². The van der Waals surface area contributed by atoms with E-state index in [9.17, 15) is 9.59 Å². The van der Waals surface area contributed by atoms with Gasteiger partial charge < -0.3 is 15.5 Å². The van der Waals surface area contributed by atoms with Gasteiger partial charge in [0, 0.05) is 36.9 Å². The molecule has 2 heterocycles. The van der Waals surface area contributed by atoms with Gasteiger partial charge in [-0.25, -0.2) is 9.48 Å². The lowest BCUT2D eigenvalue weighted by molar-refractivity contribution is 0.0919. The minimum absolute atomic E-state index is 0.0466. The lowest BCUT2D eigenvalue weighted by atomic mass is 10.0. The fourth-order valence-electron chi connectivity index (χ4n) is 3.57. The number of aryl methyl sites for hydroxylation is 1. The van der Waals surface area contributed by atoms with Gasteiger partial charge in [0.25, 0.3) is 5.91 Å². The van der Waals surface area contributed by atoms with Crippen molar-refractivity contribution in [2.45, 2.75) is 32.4 Å². The number of para-hydroxylation sites is 1. The SMILES string of the molecule is CCn1nnc2cc(C(=O)NC3CCN(C(=O)Nc4ccccc4)CC3)ccc21. The number of rotatable bonds is 4. The highest BCUT2D eigenvalue weighted by Crippen LogP contribution is 2.16. The van der Waals surface area contributed by atoms with E-state index in [0.717, 1.165) is 30.6 Å². The molecule has 1 aromatic heterocycles. The van der Waals surface area contributed by atoms with Gasteiger partial charge in [0.2, 0.25) is 0 Å². The van der Waals surface area contributed by atoms with E-state index >= 15 is 0 Å². The Morgan fingerprint density at radius 1 is 1.10 bits per heavy atom. The van der Waals surface area contributed by atoms with Crippen molar-refractivity contribution in [2.75, 3.05) is 18.4 Å². The first-order valence-electron chi connectivity index (χ1n) is 9.89. The van der Waals surface area contributed by atoms with E-state index in [4.69, 9.17) is 0 Å². The Morgan fingerprint density at radius 3 is 2.59 bits per heavy atom. The maximum absolute atomic E-state index is 12.6. The highest BCUT2D eigenvalue weighted by Gasteiger charge is 2.24. The molecule has 0 atom stereocenters. The zero-order valence-electron chi connectivity index (χ0n) is 16.3. The van der Waals surface area contributed by atoms with Crippen LogP contribution in [0.1, 0.15) is 30.1 Å². The predicted octanol–water partition coefficient (Wildman–Crippen LogP) is 2.88. The molecule has 1 aliphatic heterocycles. The molecule has 0 radical (unpaired) electrons. The number of amides is 3. The summed E-state index contributed by atoms with van der Waals surface area (Å²) in [5.74, 6) is -0.120. The lowest BCUT2D eigenvalue weighted by Gasteiger charge is -2.32. The monoisotopic (exact) mass is 392 g/mol. The van der Waals surface area contributed by atoms with Crippen LogP contribution in [0.25, 0.3) is 11.0 Å². The van der Waals surface area contributed by atoms with Gasteiger partial charge in [-0.15, -0.1) is 5.10 Å². The normalized spacial score (nSPS) is 14.7. The number of carbonyl (C=O) groups excluding carboxylic acids is 2. The lowest BCUT2D eigenvalue weighted by Crippen LogP contribution is -2.47. The molecule has 0 spiro atoms. The molecule has 8 nitrogen and oxygen atoms in total. The number of urea groups is 1. The summed E-state index contributed by atoms with van der Waals surface area (Å²) in [5.41, 5.74) is 2.99. The summed E-state index contributed by atoms with van der Waals surface area (Å²) >= 11 is 0. The number of nitrogens with zero attached hydrogens (tertiary/aromatic N) is 4. The van der Waals surface area contributed by atoms with Gasteiger partial charge >= 0.3 is 6.03 Å². The van der Waals surface area contributed by atoms with E-state index in [1.54, 1.807) is 21.7 Å². The molecule has 0 unspecified atom stereocenters. The van der Waals surface area contributed by atoms with E-state index in [2.05, 4.69) is 20.9 Å². The highest BCUT2D eigenvalue weighted by atomic mass is 16.2. The average molecular weight is 392 g/mol. The fraction of sp³-hybridized carbons (Fsp3) is 0.333. The molecule has 0 saturated carbocycles. The van der Waals surface area contributed by atoms with Crippen LogP contribution in [-0.4, -0.2) is 51.0 Å². The van der Waals surface area contributed by atoms with Crippen molar-refractivity contribution >= 4 is 28.7 Å². The molecule has 8 heteroatoms. The number of carbonyl (C=O) groups is 2. The third-order valence-corrected chi connectivity index (χ3v) is 5.22. The Morgan fingerprint density at radius 2 is 1.86 bits per heavy atom. The quantitative estimate of drug-likeness (QED) is 0.714. The van der Waals surface area contributed by atoms with Crippen molar-refractivity contribution in [2.24, 2.45) is 0 Å². The van der Waals surface area contributed by atoms with Crippen molar-refractivity contribution < 1.29 is 9.59 Å². The Hall–Kier alpha value is -3.42. The molecular weight excluding hydrogens is 368 g/mol. The Balaban J connectivity index is 1.31. The van der Waals surface area contributed by atoms with Crippen LogP contribution in [0.2, 0.25) is 0 Å². The standard InChI is InChI=1S/C21H24N6O2/c1-2-27-19-9-8-15(14-18(19)24-25-27)20(28)22-17-10-12-26(13-11-17)21(29)23-16-6-4-3-5-7-16/h3-9,14,17H,2,10-13H2,1H3,(H,22,28)(H,23,29). The van der Waals surface area contributed by atoms with Crippen molar-refractivity contribution in [1.82, 2.24) is 25.2 Å². The van der Waals surface area contributed by atoms with E-state index in [-0.39, 0.29) is 18.0 Å². The van der Waals surface area contributed by atoms with Gasteiger partial charge in [-0.2, -0.15) is 0 Å². The molecule has 150 valence electrons. The number of hydrogen-bond donors (Lipinski definition) is 2. The van der Waals surface area contributed by atoms with Gasteiger partial charge in [-0.1, -0.05) is 23.4 Å². The van der Waals surface area contributed by atoms with Crippen molar-refractivity contribution in [3.05, 3.63) is 54.1 Å². The van der Waals surface area contributed by atoms with Crippen LogP contribution in [0.15, 0.2) is 48.5 Å². The smallest absolute Gasteiger partial charge is 0.321 e. The average Bonchev–Trinajstić information content (AvgIpc) is 3.17. The van der Waals surface area contributed by atoms with Crippen molar-refractivity contribution in [3.8, 4) is 0 Å². The predicted molar refractivity (Wildman–Crippen MR) is 111 cm³/mol. The summed E-state index contributed by atoms with van der Waals surface area (Å²) in [5, 5.41) is 14.2. The number of fused-ring (bicyclic) bond motifs is 1. The van der Waals surface area contributed by atoms with E-state index in [1.807, 2.05) is 43.3 Å². The molecule has 1 fully saturated rings. The number of likely N-dealkylation sites (tertiary alicyclic amines) is 1. The summed E-state index contributed by atoms with van der Waals surface area (Å²) in [4.78, 5) is 26.8. The molecule has 1 saturated heterocycles. The van der Waals surface area contributed by atoms with Gasteiger partial charge in [-0.05, 0) is 50.1 Å². The van der Waals surface area contributed by atoms with Gasteiger partial charge in [0.15, 0.2) is 0 Å². The minimum atomic E-state index is -0.120. The second-order valence-corrected chi connectivity index (χ2v) is 7.14. The highest BCUT2D eigenvalue weighted by molar-refractivity contribution is 5.97. The molecule has 0 aliphatic carbocycles. The van der Waals surface area contributed by atoms with Crippen LogP contribution >= 0.6 is 0 Å². The Kier molecular flexibility index (Phi) is 5.41. The first kappa shape index (κ1) is 18.9. The number of piperidine rings is 1. The molecule has 29 heavy (non-hydrogen) atoms. The molecule has 2 N–H and O–H groups in total. The molecule has 4 rings (SSSR count). The topological polar surface area (TPSA) is 92.2 Å². The van der Waals surface area contributed by atoms with E-state index in [1.165, 1.54) is 0 Å². The third kappa shape index (κ3) is 4.21. The number of anilines is 1. The number of aromatic nitrogens is 3. The van der Waals surface area contributed by atoms with Crippen LogP contribution in [0.3, 0.4) is 0 Å². The summed E-state index contributed by atoms with van der Waals surface area (Å²) in [6, 6.07) is 14.8. The number of nitrogens with one attached hydrogen (secondary N) is 2. The summed E-state index contributed by atoms with van der Waals surface area (Å²) in [6.45, 7) is 3.95. The molecule has 2 aromatic carbocycles. The maximum Gasteiger partial charge on any atom is 0.321 e. The zero-order valence-corrected chi connectivity index (χ0v) is 16.3. The van der Waals surface area contributed by atoms with Crippen LogP contribution in [-0.2, 0) is 6.54 Å². The largest absolute Gasteiger partial charge is 0.349 e. The van der Waals surface area contributed by atoms with Gasteiger partial charge in [0.1, 0.15) is 5.52 Å². The second-order valence-electron chi connectivity index (χ2n) is 7.14. The minimum Gasteiger partial charge on any atom is -0.349 e. The Bertz CT molecular complexity index is 1010. The molecule has 0 bridgehead atoms. The molecular formula is C21H24N6O2. The summed E-state index contributed by atoms with van der Waals surface area (Å²) in [7, 11) is 0. The summed E-state index contributed by atoms with van der Waals surface area (Å²) < 4.78 is 1.80. The number of benzene rings is 2. The maximum atomic E-state index is 12.6. The summed E-state index contributed by atoms with van der Waals surface area (Å²) in [6.07, 6.45) is 1.45. The van der Waals surface area contributed by atoms with Crippen molar-refractivity contribution in [3.63, 3.8) is 0 Å². The second kappa shape index (κ2) is 8.30. The third-order valence-electron chi connectivity index (χ3n) is 5.22. The molecule has 3 aromatic rings. The zero-order chi connectivity index (χ0) is 20.2. The first-order chi connectivity index (χ1) is 14.1. The number of hydrogen-bond acceptors (Lipinski definition) is 4. The van der Waals surface area contributed by atoms with E-state index in [0.29, 0.717) is 24.2 Å².